The van der Waals surface area contributed by atoms with Crippen molar-refractivity contribution in [2.45, 2.75) is 19.9 Å². The first-order valence-corrected chi connectivity index (χ1v) is 7.58. The predicted octanol–water partition coefficient (Wildman–Crippen LogP) is 3.16. The molecule has 3 rings (SSSR count). The Bertz CT molecular complexity index is 934. The van der Waals surface area contributed by atoms with E-state index < -0.39 is 0 Å². The van der Waals surface area contributed by atoms with Gasteiger partial charge in [-0.1, -0.05) is 6.58 Å². The van der Waals surface area contributed by atoms with E-state index in [1.165, 1.54) is 6.20 Å². The smallest absolute Gasteiger partial charge is 0.140 e. The largest absolute Gasteiger partial charge is 0.508 e. The number of aromatic hydroxyl groups is 1. The second-order valence-electron chi connectivity index (χ2n) is 5.83. The molecule has 0 unspecified atom stereocenters. The molecule has 0 saturated carbocycles. The highest BCUT2D eigenvalue weighted by Gasteiger charge is 2.23. The van der Waals surface area contributed by atoms with E-state index in [0.717, 1.165) is 16.6 Å². The van der Waals surface area contributed by atoms with Crippen LogP contribution in [0, 0.1) is 5.41 Å². The highest BCUT2D eigenvalue weighted by molar-refractivity contribution is 6.06. The Morgan fingerprint density at radius 1 is 1.46 bits per heavy atom. The number of amidine groups is 1. The minimum atomic E-state index is -0.0808. The van der Waals surface area contributed by atoms with Crippen LogP contribution in [0.1, 0.15) is 25.5 Å². The molecule has 0 spiro atoms. The molecule has 2 heterocycles. The van der Waals surface area contributed by atoms with Crippen molar-refractivity contribution >= 4 is 22.6 Å². The lowest BCUT2D eigenvalue weighted by Gasteiger charge is -2.11. The molecule has 0 aliphatic heterocycles. The number of nitrogens with zero attached hydrogens (tertiary/aromatic N) is 2. The number of benzene rings is 1. The summed E-state index contributed by atoms with van der Waals surface area (Å²) in [6.07, 6.45) is 1.54. The Balaban J connectivity index is 2.26. The fraction of sp³-hybridized carbons (Fsp3) is 0.176. The van der Waals surface area contributed by atoms with Gasteiger partial charge in [0.2, 0.25) is 0 Å². The molecule has 6 N–H and O–H groups in total. The Kier molecular flexibility index (Phi) is 3.76. The molecule has 0 aliphatic carbocycles. The molecule has 0 aliphatic rings. The van der Waals surface area contributed by atoms with Crippen molar-refractivity contribution in [3.8, 4) is 17.1 Å². The van der Waals surface area contributed by atoms with Crippen molar-refractivity contribution < 1.29 is 5.11 Å². The lowest BCUT2D eigenvalue weighted by Crippen LogP contribution is -2.15. The van der Waals surface area contributed by atoms with Gasteiger partial charge in [0.1, 0.15) is 23.1 Å². The first-order chi connectivity index (χ1) is 11.4. The number of hydrogen-bond acceptors (Lipinski definition) is 4. The molecule has 0 fully saturated rings. The molecular weight excluding hydrogens is 304 g/mol. The molecule has 7 nitrogen and oxygen atoms in total. The summed E-state index contributed by atoms with van der Waals surface area (Å²) in [5.74, 6) is 0.733. The monoisotopic (exact) mass is 324 g/mol. The number of rotatable bonds is 5. The maximum atomic E-state index is 9.63. The normalized spacial score (nSPS) is 11.1. The number of H-pyrrole nitrogens is 1. The maximum absolute atomic E-state index is 9.63. The summed E-state index contributed by atoms with van der Waals surface area (Å²) in [6.45, 7) is 7.68. The van der Waals surface area contributed by atoms with Crippen LogP contribution in [0.2, 0.25) is 0 Å². The van der Waals surface area contributed by atoms with Gasteiger partial charge in [0.15, 0.2) is 0 Å². The molecule has 0 amide bonds. The van der Waals surface area contributed by atoms with Crippen molar-refractivity contribution in [2.75, 3.05) is 5.32 Å². The third-order valence-corrected chi connectivity index (χ3v) is 3.77. The van der Waals surface area contributed by atoms with E-state index in [1.807, 2.05) is 26.0 Å². The molecule has 0 atom stereocenters. The van der Waals surface area contributed by atoms with Gasteiger partial charge in [0, 0.05) is 23.0 Å². The van der Waals surface area contributed by atoms with E-state index in [0.29, 0.717) is 17.1 Å². The number of anilines is 1. The standard InChI is InChI=1S/C17H20N6O/c1-4-20-17-14(16(18)19)15(22-23(17)9(2)3)13-7-10-5-6-11(24)8-12(10)21-13/h4-9,20-21,24H,1H2,2-3H3,(H3,18,19). The number of hydrogen-bond donors (Lipinski definition) is 5. The second kappa shape index (κ2) is 5.77. The van der Waals surface area contributed by atoms with Gasteiger partial charge in [-0.3, -0.25) is 5.41 Å². The lowest BCUT2D eigenvalue weighted by atomic mass is 10.1. The van der Waals surface area contributed by atoms with Gasteiger partial charge in [0.05, 0.1) is 11.3 Å². The Labute approximate surface area is 139 Å². The average molecular weight is 324 g/mol. The third-order valence-electron chi connectivity index (χ3n) is 3.77. The minimum absolute atomic E-state index is 0.0766. The number of fused-ring (bicyclic) bond motifs is 1. The quantitative estimate of drug-likeness (QED) is 0.366. The molecule has 24 heavy (non-hydrogen) atoms. The van der Waals surface area contributed by atoms with E-state index in [9.17, 15) is 5.11 Å². The summed E-state index contributed by atoms with van der Waals surface area (Å²) in [5.41, 5.74) is 8.43. The number of phenols is 1. The Hall–Kier alpha value is -3.22. The molecule has 0 radical (unpaired) electrons. The van der Waals surface area contributed by atoms with Gasteiger partial charge in [-0.25, -0.2) is 4.68 Å². The summed E-state index contributed by atoms with van der Waals surface area (Å²) in [4.78, 5) is 3.23. The maximum Gasteiger partial charge on any atom is 0.140 e. The van der Waals surface area contributed by atoms with E-state index in [4.69, 9.17) is 11.1 Å². The fourth-order valence-electron chi connectivity index (χ4n) is 2.73. The fourth-order valence-corrected chi connectivity index (χ4v) is 2.73. The van der Waals surface area contributed by atoms with Gasteiger partial charge in [0.25, 0.3) is 0 Å². The van der Waals surface area contributed by atoms with Crippen LogP contribution in [0.15, 0.2) is 37.0 Å². The first kappa shape index (κ1) is 15.7. The minimum Gasteiger partial charge on any atom is -0.508 e. The lowest BCUT2D eigenvalue weighted by molar-refractivity contribution is 0.476. The summed E-state index contributed by atoms with van der Waals surface area (Å²) >= 11 is 0. The second-order valence-corrected chi connectivity index (χ2v) is 5.83. The van der Waals surface area contributed by atoms with E-state index in [1.54, 1.807) is 16.8 Å². The predicted molar refractivity (Wildman–Crippen MR) is 96.4 cm³/mol. The van der Waals surface area contributed by atoms with Crippen LogP contribution >= 0.6 is 0 Å². The highest BCUT2D eigenvalue weighted by atomic mass is 16.3. The van der Waals surface area contributed by atoms with Crippen molar-refractivity contribution in [1.82, 2.24) is 14.8 Å². The van der Waals surface area contributed by atoms with Crippen molar-refractivity contribution in [3.05, 3.63) is 42.6 Å². The van der Waals surface area contributed by atoms with E-state index >= 15 is 0 Å². The zero-order chi connectivity index (χ0) is 17.4. The molecule has 1 aromatic carbocycles. The zero-order valence-corrected chi connectivity index (χ0v) is 13.6. The number of nitrogens with one attached hydrogen (secondary N) is 3. The Morgan fingerprint density at radius 2 is 2.21 bits per heavy atom. The number of nitrogen functional groups attached to an aromatic ring is 1. The zero-order valence-electron chi connectivity index (χ0n) is 13.6. The summed E-state index contributed by atoms with van der Waals surface area (Å²) < 4.78 is 1.77. The van der Waals surface area contributed by atoms with E-state index in [-0.39, 0.29) is 17.6 Å². The van der Waals surface area contributed by atoms with Crippen LogP contribution in [-0.2, 0) is 0 Å². The van der Waals surface area contributed by atoms with Crippen molar-refractivity contribution in [1.29, 1.82) is 5.41 Å². The van der Waals surface area contributed by atoms with Crippen LogP contribution in [0.5, 0.6) is 5.75 Å². The number of phenolic OH excluding ortho intramolecular Hbond substituents is 1. The van der Waals surface area contributed by atoms with Crippen molar-refractivity contribution in [3.63, 3.8) is 0 Å². The van der Waals surface area contributed by atoms with Crippen LogP contribution in [0.4, 0.5) is 5.82 Å². The van der Waals surface area contributed by atoms with Crippen LogP contribution in [-0.4, -0.2) is 25.7 Å². The highest BCUT2D eigenvalue weighted by Crippen LogP contribution is 2.32. The molecule has 7 heteroatoms. The topological polar surface area (TPSA) is 116 Å². The van der Waals surface area contributed by atoms with Crippen molar-refractivity contribution in [2.24, 2.45) is 5.73 Å². The number of nitrogens with two attached hydrogens (primary N) is 1. The van der Waals surface area contributed by atoms with Gasteiger partial charge in [-0.05, 0) is 38.2 Å². The summed E-state index contributed by atoms with van der Waals surface area (Å²) in [7, 11) is 0. The molecule has 0 bridgehead atoms. The van der Waals surface area contributed by atoms with Crippen LogP contribution < -0.4 is 11.1 Å². The molecule has 2 aromatic heterocycles. The SMILES string of the molecule is C=CNc1c(C(=N)N)c(-c2cc3ccc(O)cc3[nH]2)nn1C(C)C. The van der Waals surface area contributed by atoms with E-state index in [2.05, 4.69) is 22.0 Å². The molecule has 0 saturated heterocycles. The summed E-state index contributed by atoms with van der Waals surface area (Å²) in [5, 5.41) is 26.2. The van der Waals surface area contributed by atoms with Gasteiger partial charge in [-0.15, -0.1) is 0 Å². The first-order valence-electron chi connectivity index (χ1n) is 7.58. The molecule has 124 valence electrons. The number of aromatic nitrogens is 3. The number of aromatic amines is 1. The van der Waals surface area contributed by atoms with Gasteiger partial charge < -0.3 is 21.1 Å². The molecule has 3 aromatic rings. The van der Waals surface area contributed by atoms with Gasteiger partial charge in [-0.2, -0.15) is 5.10 Å². The van der Waals surface area contributed by atoms with Crippen LogP contribution in [0.3, 0.4) is 0 Å². The van der Waals surface area contributed by atoms with Crippen LogP contribution in [0.25, 0.3) is 22.3 Å². The Morgan fingerprint density at radius 3 is 2.83 bits per heavy atom. The van der Waals surface area contributed by atoms with Gasteiger partial charge >= 0.3 is 0 Å². The average Bonchev–Trinajstić information content (AvgIpc) is 3.08. The third kappa shape index (κ3) is 2.50. The molecular formula is C17H20N6O. The summed E-state index contributed by atoms with van der Waals surface area (Å²) in [6, 6.07) is 7.09.